The summed E-state index contributed by atoms with van der Waals surface area (Å²) in [5.74, 6) is -1.13. The van der Waals surface area contributed by atoms with E-state index in [2.05, 4.69) is 10.3 Å². The van der Waals surface area contributed by atoms with Crippen LogP contribution in [0.2, 0.25) is 5.02 Å². The highest BCUT2D eigenvalue weighted by Gasteiger charge is 2.31. The Morgan fingerprint density at radius 3 is 2.64 bits per heavy atom. The molecule has 0 saturated carbocycles. The third-order valence-corrected chi connectivity index (χ3v) is 4.09. The number of halogens is 4. The van der Waals surface area contributed by atoms with Crippen LogP contribution in [-0.2, 0) is 12.6 Å². The Morgan fingerprint density at radius 2 is 2.14 bits per heavy atom. The van der Waals surface area contributed by atoms with Gasteiger partial charge in [-0.25, -0.2) is 9.78 Å². The monoisotopic (exact) mass is 350 g/mol. The highest BCUT2D eigenvalue weighted by molar-refractivity contribution is 7.17. The lowest BCUT2D eigenvalue weighted by Crippen LogP contribution is -2.05. The smallest absolute Gasteiger partial charge is 0.416 e. The first-order valence-electron chi connectivity index (χ1n) is 6.09. The van der Waals surface area contributed by atoms with Crippen molar-refractivity contribution in [2.45, 2.75) is 19.5 Å². The molecule has 0 aliphatic rings. The minimum Gasteiger partial charge on any atom is -0.477 e. The summed E-state index contributed by atoms with van der Waals surface area (Å²) in [5, 5.41) is 12.0. The van der Waals surface area contributed by atoms with Crippen molar-refractivity contribution in [2.24, 2.45) is 0 Å². The maximum atomic E-state index is 12.7. The van der Waals surface area contributed by atoms with E-state index in [1.807, 2.05) is 0 Å². The number of benzene rings is 1. The van der Waals surface area contributed by atoms with Gasteiger partial charge in [0.25, 0.3) is 0 Å². The first-order valence-corrected chi connectivity index (χ1v) is 7.28. The molecule has 118 valence electrons. The molecule has 1 aromatic carbocycles. The van der Waals surface area contributed by atoms with Gasteiger partial charge < -0.3 is 10.4 Å². The first-order chi connectivity index (χ1) is 10.2. The summed E-state index contributed by atoms with van der Waals surface area (Å²) >= 11 is 6.72. The fourth-order valence-electron chi connectivity index (χ4n) is 1.72. The lowest BCUT2D eigenvalue weighted by molar-refractivity contribution is -0.137. The van der Waals surface area contributed by atoms with Gasteiger partial charge in [-0.1, -0.05) is 29.9 Å². The molecule has 0 bridgehead atoms. The third kappa shape index (κ3) is 3.50. The maximum Gasteiger partial charge on any atom is 0.416 e. The Kier molecular flexibility index (Phi) is 4.62. The molecule has 2 N–H and O–H groups in total. The summed E-state index contributed by atoms with van der Waals surface area (Å²) in [5.41, 5.74) is -0.474. The van der Waals surface area contributed by atoms with E-state index in [9.17, 15) is 18.0 Å². The van der Waals surface area contributed by atoms with E-state index in [4.69, 9.17) is 16.7 Å². The van der Waals surface area contributed by atoms with E-state index in [1.165, 1.54) is 0 Å². The highest BCUT2D eigenvalue weighted by Crippen LogP contribution is 2.36. The standard InChI is InChI=1S/C13H10ClF3N2O2S/c1-2-8-10(11(20)21)22-12(18-8)19-9-5-6(13(15,16)17)3-4-7(9)14/h3-5H,2H2,1H3,(H,18,19)(H,20,21). The number of hydrogen-bond donors (Lipinski definition) is 2. The summed E-state index contributed by atoms with van der Waals surface area (Å²) in [6.45, 7) is 1.74. The molecule has 0 atom stereocenters. The summed E-state index contributed by atoms with van der Waals surface area (Å²) in [4.78, 5) is 15.2. The van der Waals surface area contributed by atoms with Crippen molar-refractivity contribution in [3.8, 4) is 0 Å². The average Bonchev–Trinajstić information content (AvgIpc) is 2.83. The Hall–Kier alpha value is -1.80. The number of nitrogens with zero attached hydrogens (tertiary/aromatic N) is 1. The number of thiazole rings is 1. The number of rotatable bonds is 4. The van der Waals surface area contributed by atoms with Crippen molar-refractivity contribution in [1.29, 1.82) is 0 Å². The van der Waals surface area contributed by atoms with Gasteiger partial charge in [0.05, 0.1) is 22.0 Å². The summed E-state index contributed by atoms with van der Waals surface area (Å²) in [6.07, 6.45) is -4.10. The molecular weight excluding hydrogens is 341 g/mol. The number of anilines is 2. The van der Waals surface area contributed by atoms with Crippen LogP contribution in [0.5, 0.6) is 0 Å². The van der Waals surface area contributed by atoms with E-state index in [-0.39, 0.29) is 20.7 Å². The minimum atomic E-state index is -4.50. The van der Waals surface area contributed by atoms with Crippen molar-refractivity contribution in [3.63, 3.8) is 0 Å². The SMILES string of the molecule is CCc1nc(Nc2cc(C(F)(F)F)ccc2Cl)sc1C(=O)O. The van der Waals surface area contributed by atoms with Crippen LogP contribution >= 0.6 is 22.9 Å². The van der Waals surface area contributed by atoms with Crippen molar-refractivity contribution < 1.29 is 23.1 Å². The lowest BCUT2D eigenvalue weighted by atomic mass is 10.2. The van der Waals surface area contributed by atoms with E-state index in [1.54, 1.807) is 6.92 Å². The molecule has 0 radical (unpaired) electrons. The van der Waals surface area contributed by atoms with Gasteiger partial charge in [-0.05, 0) is 24.6 Å². The number of carboxylic acids is 1. The van der Waals surface area contributed by atoms with Gasteiger partial charge in [0.2, 0.25) is 0 Å². The van der Waals surface area contributed by atoms with Gasteiger partial charge in [0.1, 0.15) is 4.88 Å². The zero-order valence-corrected chi connectivity index (χ0v) is 12.7. The van der Waals surface area contributed by atoms with Gasteiger partial charge in [0, 0.05) is 0 Å². The molecule has 1 aromatic heterocycles. The normalized spacial score (nSPS) is 11.5. The first kappa shape index (κ1) is 16.6. The molecule has 0 unspecified atom stereocenters. The molecule has 2 aromatic rings. The zero-order valence-electron chi connectivity index (χ0n) is 11.2. The molecule has 0 amide bonds. The summed E-state index contributed by atoms with van der Waals surface area (Å²) < 4.78 is 38.1. The molecule has 1 heterocycles. The van der Waals surface area contributed by atoms with Gasteiger partial charge in [-0.3, -0.25) is 0 Å². The van der Waals surface area contributed by atoms with Gasteiger partial charge in [-0.2, -0.15) is 13.2 Å². The number of hydrogen-bond acceptors (Lipinski definition) is 4. The van der Waals surface area contributed by atoms with Crippen LogP contribution in [0, 0.1) is 0 Å². The fraction of sp³-hybridized carbons (Fsp3) is 0.231. The fourth-order valence-corrected chi connectivity index (χ4v) is 2.79. The van der Waals surface area contributed by atoms with Crippen LogP contribution in [-0.4, -0.2) is 16.1 Å². The maximum absolute atomic E-state index is 12.7. The number of carboxylic acid groups (broad SMARTS) is 1. The second-order valence-electron chi connectivity index (χ2n) is 4.27. The van der Waals surface area contributed by atoms with Crippen molar-refractivity contribution in [3.05, 3.63) is 39.4 Å². The molecule has 9 heteroatoms. The molecule has 0 aliphatic carbocycles. The van der Waals surface area contributed by atoms with Gasteiger partial charge >= 0.3 is 12.1 Å². The third-order valence-electron chi connectivity index (χ3n) is 2.76. The number of alkyl halides is 3. The lowest BCUT2D eigenvalue weighted by Gasteiger charge is -2.10. The largest absolute Gasteiger partial charge is 0.477 e. The quantitative estimate of drug-likeness (QED) is 0.829. The van der Waals surface area contributed by atoms with Crippen LogP contribution in [0.3, 0.4) is 0 Å². The Balaban J connectivity index is 2.37. The number of aromatic nitrogens is 1. The van der Waals surface area contributed by atoms with Crippen LogP contribution < -0.4 is 5.32 Å². The molecular formula is C13H10ClF3N2O2S. The van der Waals surface area contributed by atoms with Crippen LogP contribution in [0.1, 0.15) is 27.9 Å². The second kappa shape index (κ2) is 6.13. The molecule has 0 spiro atoms. The zero-order chi connectivity index (χ0) is 16.5. The van der Waals surface area contributed by atoms with Crippen molar-refractivity contribution in [2.75, 3.05) is 5.32 Å². The summed E-state index contributed by atoms with van der Waals surface area (Å²) in [6, 6.07) is 2.85. The van der Waals surface area contributed by atoms with E-state index < -0.39 is 17.7 Å². The van der Waals surface area contributed by atoms with Crippen molar-refractivity contribution >= 4 is 39.7 Å². The number of carbonyl (C=O) groups is 1. The van der Waals surface area contributed by atoms with E-state index in [0.717, 1.165) is 29.5 Å². The molecule has 2 rings (SSSR count). The predicted molar refractivity (Wildman–Crippen MR) is 78.2 cm³/mol. The Morgan fingerprint density at radius 1 is 1.45 bits per heavy atom. The number of aryl methyl sites for hydroxylation is 1. The Bertz CT molecular complexity index is 716. The minimum absolute atomic E-state index is 0.0184. The predicted octanol–water partition coefficient (Wildman–Crippen LogP) is 4.82. The van der Waals surface area contributed by atoms with E-state index >= 15 is 0 Å². The molecule has 0 aliphatic heterocycles. The number of aromatic carboxylic acids is 1. The van der Waals surface area contributed by atoms with Crippen LogP contribution in [0.15, 0.2) is 18.2 Å². The molecule has 0 saturated heterocycles. The molecule has 22 heavy (non-hydrogen) atoms. The highest BCUT2D eigenvalue weighted by atomic mass is 35.5. The van der Waals surface area contributed by atoms with Crippen LogP contribution in [0.4, 0.5) is 24.0 Å². The second-order valence-corrected chi connectivity index (χ2v) is 5.68. The Labute approximate surface area is 132 Å². The van der Waals surface area contributed by atoms with Gasteiger partial charge in [0.15, 0.2) is 5.13 Å². The molecule has 0 fully saturated rings. The van der Waals surface area contributed by atoms with Crippen LogP contribution in [0.25, 0.3) is 0 Å². The molecule has 4 nitrogen and oxygen atoms in total. The number of nitrogens with one attached hydrogen (secondary N) is 1. The van der Waals surface area contributed by atoms with Crippen molar-refractivity contribution in [1.82, 2.24) is 4.98 Å². The van der Waals surface area contributed by atoms with E-state index in [0.29, 0.717) is 12.1 Å². The summed E-state index contributed by atoms with van der Waals surface area (Å²) in [7, 11) is 0. The van der Waals surface area contributed by atoms with Gasteiger partial charge in [-0.15, -0.1) is 0 Å². The average molecular weight is 351 g/mol. The topological polar surface area (TPSA) is 62.2 Å².